The standard InChI is InChI=1S/C23H18N8O2/c1-12-4-2-6-14(8-12)22(32)33-15-7-3-5-13(9-15)19-17-18(26)16(10-24)20(27)30-21(17)31-23(29-19)28-11-25/h2-9,19H,1H3,(H6,26,27,28,29,30,31). The monoisotopic (exact) mass is 438 g/mol. The minimum Gasteiger partial charge on any atom is -0.423 e. The summed E-state index contributed by atoms with van der Waals surface area (Å²) in [4.78, 5) is 21.3. The molecular formula is C23H18N8O2. The molecule has 162 valence electrons. The van der Waals surface area contributed by atoms with Crippen molar-refractivity contribution >= 4 is 29.3 Å². The minimum atomic E-state index is -0.741. The molecule has 6 N–H and O–H groups in total. The minimum absolute atomic E-state index is 0.0365. The number of nitrogens with zero attached hydrogens (tertiary/aromatic N) is 4. The van der Waals surface area contributed by atoms with Crippen LogP contribution in [0.5, 0.6) is 5.75 Å². The number of fused-ring (bicyclic) bond motifs is 1. The first kappa shape index (κ1) is 21.2. The topological polar surface area (TPSA) is 175 Å². The summed E-state index contributed by atoms with van der Waals surface area (Å²) in [5, 5.41) is 23.8. The van der Waals surface area contributed by atoms with Crippen LogP contribution in [0.15, 0.2) is 53.5 Å². The van der Waals surface area contributed by atoms with E-state index in [-0.39, 0.29) is 28.8 Å². The number of rotatable bonds is 3. The zero-order chi connectivity index (χ0) is 23.5. The molecule has 10 heteroatoms. The Morgan fingerprint density at radius 3 is 2.70 bits per heavy atom. The summed E-state index contributed by atoms with van der Waals surface area (Å²) in [6.07, 6.45) is 1.80. The van der Waals surface area contributed by atoms with E-state index in [4.69, 9.17) is 21.5 Å². The number of anilines is 3. The molecule has 10 nitrogen and oxygen atoms in total. The number of benzene rings is 2. The molecule has 1 aliphatic rings. The van der Waals surface area contributed by atoms with Gasteiger partial charge in [0.1, 0.15) is 35.1 Å². The maximum Gasteiger partial charge on any atom is 0.343 e. The number of aliphatic imine (C=N–C) groups is 1. The van der Waals surface area contributed by atoms with Crippen molar-refractivity contribution in [3.63, 3.8) is 0 Å². The van der Waals surface area contributed by atoms with E-state index in [1.807, 2.05) is 19.1 Å². The molecule has 0 amide bonds. The molecule has 1 atom stereocenters. The van der Waals surface area contributed by atoms with Gasteiger partial charge in [-0.15, -0.1) is 0 Å². The van der Waals surface area contributed by atoms with Crippen LogP contribution in [0.2, 0.25) is 0 Å². The summed E-state index contributed by atoms with van der Waals surface area (Å²) in [6, 6.07) is 15.0. The van der Waals surface area contributed by atoms with Gasteiger partial charge < -0.3 is 21.5 Å². The van der Waals surface area contributed by atoms with Crippen LogP contribution in [0.3, 0.4) is 0 Å². The van der Waals surface area contributed by atoms with Crippen LogP contribution in [0, 0.1) is 29.7 Å². The maximum atomic E-state index is 12.6. The van der Waals surface area contributed by atoms with Crippen molar-refractivity contribution in [3.05, 3.63) is 76.3 Å². The SMILES string of the molecule is Cc1cccc(C(=O)Oc2cccc(C3N=C(NC#N)Nc4nc(N)c(C#N)c(N)c43)c2)c1. The molecule has 1 aromatic heterocycles. The van der Waals surface area contributed by atoms with Crippen molar-refractivity contribution in [2.45, 2.75) is 13.0 Å². The van der Waals surface area contributed by atoms with Crippen LogP contribution in [0.1, 0.15) is 38.7 Å². The number of hydrogen-bond acceptors (Lipinski definition) is 10. The number of nitriles is 2. The van der Waals surface area contributed by atoms with E-state index in [1.165, 1.54) is 0 Å². The summed E-state index contributed by atoms with van der Waals surface area (Å²) in [5.41, 5.74) is 14.7. The fourth-order valence-corrected chi connectivity index (χ4v) is 3.51. The van der Waals surface area contributed by atoms with Crippen molar-refractivity contribution in [1.29, 1.82) is 10.5 Å². The van der Waals surface area contributed by atoms with Crippen molar-refractivity contribution in [1.82, 2.24) is 10.3 Å². The highest BCUT2D eigenvalue weighted by Gasteiger charge is 2.30. The molecule has 0 spiro atoms. The lowest BCUT2D eigenvalue weighted by Crippen LogP contribution is -2.32. The number of nitrogens with two attached hydrogens (primary N) is 2. The van der Waals surface area contributed by atoms with Crippen molar-refractivity contribution in [3.8, 4) is 18.0 Å². The number of pyridine rings is 1. The lowest BCUT2D eigenvalue weighted by Gasteiger charge is -2.26. The first-order valence-electron chi connectivity index (χ1n) is 9.79. The van der Waals surface area contributed by atoms with Crippen LogP contribution in [0.25, 0.3) is 0 Å². The van der Waals surface area contributed by atoms with E-state index in [2.05, 4.69) is 20.6 Å². The van der Waals surface area contributed by atoms with Gasteiger partial charge in [-0.1, -0.05) is 29.8 Å². The van der Waals surface area contributed by atoms with Crippen LogP contribution in [0.4, 0.5) is 17.3 Å². The Bertz CT molecular complexity index is 1380. The third-order valence-corrected chi connectivity index (χ3v) is 5.00. The molecule has 4 rings (SSSR count). The number of ether oxygens (including phenoxy) is 1. The van der Waals surface area contributed by atoms with Crippen molar-refractivity contribution in [2.24, 2.45) is 4.99 Å². The predicted molar refractivity (Wildman–Crippen MR) is 122 cm³/mol. The highest BCUT2D eigenvalue weighted by Crippen LogP contribution is 2.41. The Kier molecular flexibility index (Phi) is 5.49. The average molecular weight is 438 g/mol. The Morgan fingerprint density at radius 2 is 1.97 bits per heavy atom. The van der Waals surface area contributed by atoms with Crippen LogP contribution in [-0.2, 0) is 0 Å². The second-order valence-corrected chi connectivity index (χ2v) is 7.23. The largest absolute Gasteiger partial charge is 0.423 e. The summed E-state index contributed by atoms with van der Waals surface area (Å²) >= 11 is 0. The van der Waals surface area contributed by atoms with Gasteiger partial charge in [0.25, 0.3) is 0 Å². The van der Waals surface area contributed by atoms with Crippen LogP contribution < -0.4 is 26.8 Å². The van der Waals surface area contributed by atoms with Gasteiger partial charge in [0.15, 0.2) is 6.19 Å². The number of guanidine groups is 1. The molecule has 0 saturated heterocycles. The van der Waals surface area contributed by atoms with Crippen LogP contribution >= 0.6 is 0 Å². The molecule has 0 saturated carbocycles. The second-order valence-electron chi connectivity index (χ2n) is 7.23. The van der Waals surface area contributed by atoms with Gasteiger partial charge in [0.05, 0.1) is 11.3 Å². The average Bonchev–Trinajstić information content (AvgIpc) is 2.79. The number of esters is 1. The predicted octanol–water partition coefficient (Wildman–Crippen LogP) is 2.59. The number of aromatic nitrogens is 1. The molecule has 3 aromatic rings. The van der Waals surface area contributed by atoms with Gasteiger partial charge >= 0.3 is 5.97 Å². The van der Waals surface area contributed by atoms with E-state index in [1.54, 1.807) is 48.7 Å². The zero-order valence-electron chi connectivity index (χ0n) is 17.5. The van der Waals surface area contributed by atoms with E-state index < -0.39 is 12.0 Å². The summed E-state index contributed by atoms with van der Waals surface area (Å²) < 4.78 is 5.55. The molecule has 2 heterocycles. The van der Waals surface area contributed by atoms with Gasteiger partial charge in [-0.25, -0.2) is 14.8 Å². The second kappa shape index (κ2) is 8.57. The van der Waals surface area contributed by atoms with Crippen molar-refractivity contribution in [2.75, 3.05) is 16.8 Å². The van der Waals surface area contributed by atoms with E-state index in [0.29, 0.717) is 22.4 Å². The summed E-state index contributed by atoms with van der Waals surface area (Å²) in [6.45, 7) is 1.89. The molecule has 0 fully saturated rings. The Balaban J connectivity index is 1.75. The Morgan fingerprint density at radius 1 is 1.18 bits per heavy atom. The number of hydrogen-bond donors (Lipinski definition) is 4. The van der Waals surface area contributed by atoms with Gasteiger partial charge in [-0.2, -0.15) is 10.5 Å². The first-order valence-corrected chi connectivity index (χ1v) is 9.79. The molecule has 0 bridgehead atoms. The third-order valence-electron chi connectivity index (χ3n) is 5.00. The molecule has 2 aromatic carbocycles. The summed E-state index contributed by atoms with van der Waals surface area (Å²) in [7, 11) is 0. The van der Waals surface area contributed by atoms with Crippen LogP contribution in [-0.4, -0.2) is 16.9 Å². The fraction of sp³-hybridized carbons (Fsp3) is 0.0870. The number of nitrogens with one attached hydrogen (secondary N) is 2. The zero-order valence-corrected chi connectivity index (χ0v) is 17.5. The number of carbonyl (C=O) groups excluding carboxylic acids is 1. The first-order chi connectivity index (χ1) is 15.9. The molecule has 33 heavy (non-hydrogen) atoms. The van der Waals surface area contributed by atoms with Gasteiger partial charge in [0, 0.05) is 5.56 Å². The Hall–Kier alpha value is -5.09. The third kappa shape index (κ3) is 4.09. The Labute approximate surface area is 189 Å². The van der Waals surface area contributed by atoms with E-state index in [9.17, 15) is 10.1 Å². The molecule has 1 unspecified atom stereocenters. The van der Waals surface area contributed by atoms with Crippen molar-refractivity contribution < 1.29 is 9.53 Å². The van der Waals surface area contributed by atoms with E-state index in [0.717, 1.165) is 5.56 Å². The maximum absolute atomic E-state index is 12.6. The molecule has 0 radical (unpaired) electrons. The lowest BCUT2D eigenvalue weighted by atomic mass is 9.95. The highest BCUT2D eigenvalue weighted by molar-refractivity contribution is 5.98. The van der Waals surface area contributed by atoms with Gasteiger partial charge in [-0.05, 0) is 36.8 Å². The van der Waals surface area contributed by atoms with Gasteiger partial charge in [-0.3, -0.25) is 5.32 Å². The van der Waals surface area contributed by atoms with E-state index >= 15 is 0 Å². The number of carbonyl (C=O) groups is 1. The quantitative estimate of drug-likeness (QED) is 0.207. The molecular weight excluding hydrogens is 420 g/mol. The number of nitrogen functional groups attached to an aromatic ring is 2. The van der Waals surface area contributed by atoms with Gasteiger partial charge in [0.2, 0.25) is 5.96 Å². The highest BCUT2D eigenvalue weighted by atomic mass is 16.5. The smallest absolute Gasteiger partial charge is 0.343 e. The number of aryl methyl sites for hydroxylation is 1. The molecule has 0 aliphatic carbocycles. The fourth-order valence-electron chi connectivity index (χ4n) is 3.51. The molecule has 1 aliphatic heterocycles. The summed E-state index contributed by atoms with van der Waals surface area (Å²) in [5.74, 6) is 0.153. The normalized spacial score (nSPS) is 14.0. The lowest BCUT2D eigenvalue weighted by molar-refractivity contribution is 0.0734.